The molecule has 0 aromatic rings. The number of oxime groups is 1. The first kappa shape index (κ1) is 16.1. The Bertz CT molecular complexity index is 308. The maximum atomic E-state index is 12.7. The summed E-state index contributed by atoms with van der Waals surface area (Å²) in [5.74, 6) is -2.59. The Morgan fingerprint density at radius 3 is 2.58 bits per heavy atom. The molecule has 1 aliphatic carbocycles. The average Bonchev–Trinajstić information content (AvgIpc) is 2.37. The standard InChI is InChI=1S/C12H21F3N2O2/c1-2-8-5-3-4-6-10(8)19-7-9(11(16)17-18)12(13,14)15/h8-10,18H,2-7H2,1H3,(H2,16,17). The molecule has 1 rings (SSSR count). The van der Waals surface area contributed by atoms with E-state index in [9.17, 15) is 13.2 Å². The van der Waals surface area contributed by atoms with Crippen LogP contribution in [0.5, 0.6) is 0 Å². The number of nitrogens with two attached hydrogens (primary N) is 1. The average molecular weight is 282 g/mol. The number of rotatable bonds is 5. The summed E-state index contributed by atoms with van der Waals surface area (Å²) in [7, 11) is 0. The van der Waals surface area contributed by atoms with Crippen molar-refractivity contribution in [1.82, 2.24) is 0 Å². The molecule has 1 aliphatic rings. The van der Waals surface area contributed by atoms with E-state index in [2.05, 4.69) is 5.16 Å². The van der Waals surface area contributed by atoms with Gasteiger partial charge in [0.05, 0.1) is 12.7 Å². The Balaban J connectivity index is 2.60. The fraction of sp³-hybridized carbons (Fsp3) is 0.917. The monoisotopic (exact) mass is 282 g/mol. The number of nitrogens with zero attached hydrogens (tertiary/aromatic N) is 1. The molecule has 19 heavy (non-hydrogen) atoms. The third-order valence-electron chi connectivity index (χ3n) is 3.71. The second-order valence-electron chi connectivity index (χ2n) is 4.94. The van der Waals surface area contributed by atoms with Crippen LogP contribution in [0.4, 0.5) is 13.2 Å². The van der Waals surface area contributed by atoms with Crippen LogP contribution in [0.15, 0.2) is 5.16 Å². The van der Waals surface area contributed by atoms with Gasteiger partial charge in [-0.05, 0) is 18.8 Å². The predicted octanol–water partition coefficient (Wildman–Crippen LogP) is 2.90. The second-order valence-corrected chi connectivity index (χ2v) is 4.94. The molecule has 0 aromatic carbocycles. The largest absolute Gasteiger partial charge is 0.409 e. The topological polar surface area (TPSA) is 67.8 Å². The molecule has 0 saturated heterocycles. The van der Waals surface area contributed by atoms with E-state index in [1.165, 1.54) is 0 Å². The van der Waals surface area contributed by atoms with Crippen LogP contribution in [0.2, 0.25) is 0 Å². The lowest BCUT2D eigenvalue weighted by molar-refractivity contribution is -0.176. The van der Waals surface area contributed by atoms with Gasteiger partial charge in [-0.2, -0.15) is 13.2 Å². The third kappa shape index (κ3) is 4.56. The van der Waals surface area contributed by atoms with Crippen LogP contribution in [-0.2, 0) is 4.74 Å². The molecule has 3 N–H and O–H groups in total. The summed E-state index contributed by atoms with van der Waals surface area (Å²) in [6.07, 6.45) is 0.0104. The van der Waals surface area contributed by atoms with Gasteiger partial charge in [0.1, 0.15) is 5.92 Å². The van der Waals surface area contributed by atoms with Crippen LogP contribution in [0.3, 0.4) is 0 Å². The van der Waals surface area contributed by atoms with E-state index in [-0.39, 0.29) is 6.10 Å². The molecule has 3 unspecified atom stereocenters. The lowest BCUT2D eigenvalue weighted by atomic mass is 9.84. The molecule has 0 amide bonds. The van der Waals surface area contributed by atoms with E-state index in [0.29, 0.717) is 5.92 Å². The van der Waals surface area contributed by atoms with Crippen molar-refractivity contribution in [2.75, 3.05) is 6.61 Å². The van der Waals surface area contributed by atoms with Crippen molar-refractivity contribution in [2.24, 2.45) is 22.7 Å². The number of alkyl halides is 3. The van der Waals surface area contributed by atoms with E-state index in [1.807, 2.05) is 6.92 Å². The third-order valence-corrected chi connectivity index (χ3v) is 3.71. The first-order valence-electron chi connectivity index (χ1n) is 6.55. The summed E-state index contributed by atoms with van der Waals surface area (Å²) in [5.41, 5.74) is 5.09. The van der Waals surface area contributed by atoms with Crippen LogP contribution in [-0.4, -0.2) is 29.9 Å². The van der Waals surface area contributed by atoms with Crippen LogP contribution >= 0.6 is 0 Å². The number of halogens is 3. The van der Waals surface area contributed by atoms with Gasteiger partial charge >= 0.3 is 6.18 Å². The fourth-order valence-corrected chi connectivity index (χ4v) is 2.50. The summed E-state index contributed by atoms with van der Waals surface area (Å²) in [6.45, 7) is 1.43. The molecular weight excluding hydrogens is 261 g/mol. The lowest BCUT2D eigenvalue weighted by Crippen LogP contribution is -2.41. The molecule has 0 bridgehead atoms. The molecule has 0 heterocycles. The van der Waals surface area contributed by atoms with Gasteiger partial charge in [-0.3, -0.25) is 0 Å². The molecule has 0 radical (unpaired) electrons. The highest BCUT2D eigenvalue weighted by molar-refractivity contribution is 5.83. The molecule has 1 saturated carbocycles. The summed E-state index contributed by atoms with van der Waals surface area (Å²) in [6, 6.07) is 0. The first-order chi connectivity index (χ1) is 8.90. The number of hydrogen-bond donors (Lipinski definition) is 2. The Labute approximate surface area is 110 Å². The lowest BCUT2D eigenvalue weighted by Gasteiger charge is -2.32. The molecule has 4 nitrogen and oxygen atoms in total. The van der Waals surface area contributed by atoms with Crippen molar-refractivity contribution in [3.8, 4) is 0 Å². The Kier molecular flexibility index (Phi) is 5.90. The van der Waals surface area contributed by atoms with Gasteiger partial charge in [0.15, 0.2) is 5.84 Å². The van der Waals surface area contributed by atoms with Crippen LogP contribution in [0, 0.1) is 11.8 Å². The van der Waals surface area contributed by atoms with Crippen LogP contribution in [0.25, 0.3) is 0 Å². The van der Waals surface area contributed by atoms with Crippen LogP contribution < -0.4 is 5.73 Å². The maximum Gasteiger partial charge on any atom is 0.401 e. The highest BCUT2D eigenvalue weighted by Gasteiger charge is 2.43. The highest BCUT2D eigenvalue weighted by atomic mass is 19.4. The van der Waals surface area contributed by atoms with Crippen molar-refractivity contribution >= 4 is 5.84 Å². The zero-order valence-corrected chi connectivity index (χ0v) is 11.0. The normalized spacial score (nSPS) is 27.3. The molecule has 0 aliphatic heterocycles. The number of amidine groups is 1. The molecule has 0 aromatic heterocycles. The molecule has 0 spiro atoms. The van der Waals surface area contributed by atoms with E-state index in [1.54, 1.807) is 0 Å². The van der Waals surface area contributed by atoms with Crippen molar-refractivity contribution in [1.29, 1.82) is 0 Å². The number of ether oxygens (including phenoxy) is 1. The van der Waals surface area contributed by atoms with Crippen LogP contribution in [0.1, 0.15) is 39.0 Å². The smallest absolute Gasteiger partial charge is 0.401 e. The minimum absolute atomic E-state index is 0.157. The minimum atomic E-state index is -4.56. The Morgan fingerprint density at radius 2 is 2.05 bits per heavy atom. The molecule has 112 valence electrons. The van der Waals surface area contributed by atoms with E-state index in [0.717, 1.165) is 32.1 Å². The van der Waals surface area contributed by atoms with E-state index >= 15 is 0 Å². The van der Waals surface area contributed by atoms with Crippen molar-refractivity contribution in [2.45, 2.75) is 51.3 Å². The van der Waals surface area contributed by atoms with E-state index < -0.39 is 24.5 Å². The SMILES string of the molecule is CCC1CCCCC1OCC(C(N)=NO)C(F)(F)F. The summed E-state index contributed by atoms with van der Waals surface area (Å²) >= 11 is 0. The second kappa shape index (κ2) is 6.98. The summed E-state index contributed by atoms with van der Waals surface area (Å²) in [4.78, 5) is 0. The Morgan fingerprint density at radius 1 is 1.42 bits per heavy atom. The van der Waals surface area contributed by atoms with Gasteiger partial charge in [0, 0.05) is 0 Å². The molecular formula is C12H21F3N2O2. The van der Waals surface area contributed by atoms with Gasteiger partial charge in [-0.25, -0.2) is 0 Å². The van der Waals surface area contributed by atoms with Crippen molar-refractivity contribution < 1.29 is 23.1 Å². The first-order valence-corrected chi connectivity index (χ1v) is 6.55. The van der Waals surface area contributed by atoms with Gasteiger partial charge in [0.25, 0.3) is 0 Å². The zero-order valence-electron chi connectivity index (χ0n) is 11.0. The maximum absolute atomic E-state index is 12.7. The van der Waals surface area contributed by atoms with Gasteiger partial charge in [-0.15, -0.1) is 0 Å². The van der Waals surface area contributed by atoms with E-state index in [4.69, 9.17) is 15.7 Å². The molecule has 1 fully saturated rings. The van der Waals surface area contributed by atoms with Crippen molar-refractivity contribution in [3.05, 3.63) is 0 Å². The van der Waals surface area contributed by atoms with Gasteiger partial charge in [0.2, 0.25) is 0 Å². The summed E-state index contributed by atoms with van der Waals surface area (Å²) < 4.78 is 43.6. The van der Waals surface area contributed by atoms with Gasteiger partial charge < -0.3 is 15.7 Å². The fourth-order valence-electron chi connectivity index (χ4n) is 2.50. The number of hydrogen-bond acceptors (Lipinski definition) is 3. The molecule has 3 atom stereocenters. The summed E-state index contributed by atoms with van der Waals surface area (Å²) in [5, 5.41) is 10.9. The quantitative estimate of drug-likeness (QED) is 0.352. The highest BCUT2D eigenvalue weighted by Crippen LogP contribution is 2.32. The van der Waals surface area contributed by atoms with Gasteiger partial charge in [-0.1, -0.05) is 31.3 Å². The predicted molar refractivity (Wildman–Crippen MR) is 64.9 cm³/mol. The minimum Gasteiger partial charge on any atom is -0.409 e. The Hall–Kier alpha value is -0.980. The van der Waals surface area contributed by atoms with Crippen molar-refractivity contribution in [3.63, 3.8) is 0 Å². The molecule has 7 heteroatoms. The zero-order chi connectivity index (χ0) is 14.5.